The van der Waals surface area contributed by atoms with Gasteiger partial charge in [-0.15, -0.1) is 0 Å². The number of ether oxygens (including phenoxy) is 1. The van der Waals surface area contributed by atoms with Crippen LogP contribution in [0.15, 0.2) is 60.1 Å². The minimum Gasteiger partial charge on any atom is -0.477 e. The lowest BCUT2D eigenvalue weighted by atomic mass is 10.1. The Bertz CT molecular complexity index is 1150. The minimum atomic E-state index is -0.298. The predicted octanol–water partition coefficient (Wildman–Crippen LogP) is 4.00. The van der Waals surface area contributed by atoms with Gasteiger partial charge in [-0.1, -0.05) is 11.6 Å². The van der Waals surface area contributed by atoms with Crippen molar-refractivity contribution in [3.8, 4) is 22.6 Å². The number of aryl methyl sites for hydroxylation is 1. The molecule has 160 valence electrons. The van der Waals surface area contributed by atoms with Crippen molar-refractivity contribution in [3.63, 3.8) is 0 Å². The van der Waals surface area contributed by atoms with Gasteiger partial charge >= 0.3 is 0 Å². The number of benzene rings is 1. The molecule has 0 radical (unpaired) electrons. The first kappa shape index (κ1) is 20.6. The summed E-state index contributed by atoms with van der Waals surface area (Å²) in [5.41, 5.74) is 16.0. The first-order valence-corrected chi connectivity index (χ1v) is 10.1. The second kappa shape index (κ2) is 8.59. The fraction of sp³-hybridized carbons (Fsp3) is 0.261. The molecule has 4 N–H and O–H groups in total. The number of hydrogen-bond acceptors (Lipinski definition) is 6. The van der Waals surface area contributed by atoms with Gasteiger partial charge < -0.3 is 20.8 Å². The molecule has 1 aromatic carbocycles. The van der Waals surface area contributed by atoms with E-state index in [9.17, 15) is 4.39 Å². The van der Waals surface area contributed by atoms with Crippen LogP contribution in [-0.4, -0.2) is 26.1 Å². The molecule has 1 unspecified atom stereocenters. The molecule has 1 aliphatic heterocycles. The van der Waals surface area contributed by atoms with Crippen LogP contribution in [0.5, 0.6) is 0 Å². The summed E-state index contributed by atoms with van der Waals surface area (Å²) in [6, 6.07) is 8.11. The van der Waals surface area contributed by atoms with Crippen LogP contribution in [-0.2, 0) is 11.2 Å². The van der Waals surface area contributed by atoms with Crippen LogP contribution in [0.2, 0.25) is 0 Å². The van der Waals surface area contributed by atoms with Gasteiger partial charge in [0.1, 0.15) is 18.2 Å². The first-order valence-electron chi connectivity index (χ1n) is 10.1. The molecule has 4 rings (SSSR count). The number of allylic oxidation sites excluding steroid dienone is 3. The summed E-state index contributed by atoms with van der Waals surface area (Å²) in [4.78, 5) is 13.3. The molecule has 7 nitrogen and oxygen atoms in total. The molecule has 0 fully saturated rings. The molecule has 3 aromatic rings. The van der Waals surface area contributed by atoms with E-state index >= 15 is 0 Å². The monoisotopic (exact) mass is 420 g/mol. The maximum atomic E-state index is 13.5. The van der Waals surface area contributed by atoms with Gasteiger partial charge in [-0.25, -0.2) is 19.3 Å². The van der Waals surface area contributed by atoms with Crippen LogP contribution in [0.3, 0.4) is 0 Å². The molecule has 0 bridgehead atoms. The third-order valence-electron chi connectivity index (χ3n) is 5.11. The quantitative estimate of drug-likeness (QED) is 0.461. The third kappa shape index (κ3) is 4.42. The highest BCUT2D eigenvalue weighted by atomic mass is 19.1. The van der Waals surface area contributed by atoms with Gasteiger partial charge in [0.2, 0.25) is 5.95 Å². The van der Waals surface area contributed by atoms with Crippen LogP contribution in [0.4, 0.5) is 10.3 Å². The van der Waals surface area contributed by atoms with Gasteiger partial charge in [0.25, 0.3) is 0 Å². The lowest BCUT2D eigenvalue weighted by molar-refractivity contribution is 0.169. The average molecular weight is 420 g/mol. The van der Waals surface area contributed by atoms with Crippen molar-refractivity contribution >= 4 is 5.95 Å². The van der Waals surface area contributed by atoms with E-state index in [4.69, 9.17) is 21.2 Å². The molecular weight excluding hydrogens is 395 g/mol. The van der Waals surface area contributed by atoms with Gasteiger partial charge in [0, 0.05) is 18.2 Å². The SMILES string of the molecule is CC(C)=C/C=C(\N)OCC1CCc2nc(-c3ccc(F)cc3)c(-c3ccnc(N)n3)n21. The number of imidazole rings is 1. The zero-order valence-electron chi connectivity index (χ0n) is 17.5. The number of rotatable bonds is 6. The third-order valence-corrected chi connectivity index (χ3v) is 5.11. The summed E-state index contributed by atoms with van der Waals surface area (Å²) in [5.74, 6) is 1.17. The fourth-order valence-electron chi connectivity index (χ4n) is 3.68. The number of hydrogen-bond donors (Lipinski definition) is 2. The summed E-state index contributed by atoms with van der Waals surface area (Å²) in [6.45, 7) is 4.39. The van der Waals surface area contributed by atoms with Crippen LogP contribution in [0.25, 0.3) is 22.6 Å². The molecule has 1 atom stereocenters. The van der Waals surface area contributed by atoms with E-state index in [1.807, 2.05) is 19.9 Å². The molecule has 0 aliphatic carbocycles. The average Bonchev–Trinajstić information content (AvgIpc) is 3.30. The number of nitrogens with two attached hydrogens (primary N) is 2. The van der Waals surface area contributed by atoms with Crippen LogP contribution in [0.1, 0.15) is 32.1 Å². The lowest BCUT2D eigenvalue weighted by Crippen LogP contribution is -2.15. The lowest BCUT2D eigenvalue weighted by Gasteiger charge is -2.18. The molecule has 0 saturated carbocycles. The molecule has 8 heteroatoms. The van der Waals surface area contributed by atoms with Crippen molar-refractivity contribution in [2.45, 2.75) is 32.7 Å². The first-order chi connectivity index (χ1) is 14.9. The highest BCUT2D eigenvalue weighted by Crippen LogP contribution is 2.39. The number of nitrogens with zero attached hydrogens (tertiary/aromatic N) is 4. The van der Waals surface area contributed by atoms with E-state index in [-0.39, 0.29) is 17.8 Å². The molecule has 0 amide bonds. The van der Waals surface area contributed by atoms with Crippen molar-refractivity contribution in [3.05, 3.63) is 71.8 Å². The number of nitrogen functional groups attached to an aromatic ring is 1. The Morgan fingerprint density at radius 1 is 1.19 bits per heavy atom. The normalized spacial score (nSPS) is 15.6. The predicted molar refractivity (Wildman–Crippen MR) is 118 cm³/mol. The van der Waals surface area contributed by atoms with Crippen LogP contribution in [0, 0.1) is 5.82 Å². The van der Waals surface area contributed by atoms with E-state index in [1.165, 1.54) is 12.1 Å². The Labute approximate surface area is 180 Å². The number of halogens is 1. The summed E-state index contributed by atoms with van der Waals surface area (Å²) >= 11 is 0. The fourth-order valence-corrected chi connectivity index (χ4v) is 3.68. The summed E-state index contributed by atoms with van der Waals surface area (Å²) < 4.78 is 21.4. The minimum absolute atomic E-state index is 0.0292. The number of aromatic nitrogens is 4. The summed E-state index contributed by atoms with van der Waals surface area (Å²) in [6.07, 6.45) is 6.95. The van der Waals surface area contributed by atoms with E-state index < -0.39 is 0 Å². The Morgan fingerprint density at radius 2 is 1.97 bits per heavy atom. The maximum absolute atomic E-state index is 13.5. The van der Waals surface area contributed by atoms with Crippen LogP contribution < -0.4 is 11.5 Å². The Morgan fingerprint density at radius 3 is 2.68 bits per heavy atom. The van der Waals surface area contributed by atoms with E-state index in [0.29, 0.717) is 18.2 Å². The van der Waals surface area contributed by atoms with Gasteiger partial charge in [0.15, 0.2) is 5.88 Å². The van der Waals surface area contributed by atoms with Gasteiger partial charge in [0.05, 0.1) is 23.1 Å². The Kier molecular flexibility index (Phi) is 5.70. The van der Waals surface area contributed by atoms with Crippen LogP contribution >= 0.6 is 0 Å². The zero-order valence-corrected chi connectivity index (χ0v) is 17.5. The number of anilines is 1. The van der Waals surface area contributed by atoms with Crippen molar-refractivity contribution in [2.75, 3.05) is 12.3 Å². The van der Waals surface area contributed by atoms with Crippen molar-refractivity contribution in [2.24, 2.45) is 5.73 Å². The molecule has 31 heavy (non-hydrogen) atoms. The molecule has 0 spiro atoms. The Hall–Kier alpha value is -3.68. The largest absolute Gasteiger partial charge is 0.477 e. The maximum Gasteiger partial charge on any atom is 0.220 e. The van der Waals surface area contributed by atoms with Gasteiger partial charge in [-0.05, 0) is 56.7 Å². The van der Waals surface area contributed by atoms with Gasteiger partial charge in [-0.2, -0.15) is 0 Å². The second-order valence-corrected chi connectivity index (χ2v) is 7.72. The van der Waals surface area contributed by atoms with E-state index in [1.54, 1.807) is 30.5 Å². The highest BCUT2D eigenvalue weighted by Gasteiger charge is 2.31. The van der Waals surface area contributed by atoms with Gasteiger partial charge in [-0.3, -0.25) is 0 Å². The van der Waals surface area contributed by atoms with E-state index in [2.05, 4.69) is 14.5 Å². The second-order valence-electron chi connectivity index (χ2n) is 7.72. The molecular formula is C23H25FN6O. The van der Waals surface area contributed by atoms with Crippen molar-refractivity contribution in [1.82, 2.24) is 19.5 Å². The smallest absolute Gasteiger partial charge is 0.220 e. The molecule has 3 heterocycles. The summed E-state index contributed by atoms with van der Waals surface area (Å²) in [7, 11) is 0. The van der Waals surface area contributed by atoms with Crippen molar-refractivity contribution < 1.29 is 9.13 Å². The molecule has 2 aromatic heterocycles. The zero-order chi connectivity index (χ0) is 22.0. The summed E-state index contributed by atoms with van der Waals surface area (Å²) in [5, 5.41) is 0. The van der Waals surface area contributed by atoms with Crippen molar-refractivity contribution in [1.29, 1.82) is 0 Å². The molecule has 1 aliphatic rings. The molecule has 0 saturated heterocycles. The standard InChI is InChI=1S/C23H25FN6O/c1-14(2)3-9-19(25)31-13-17-8-10-20-29-21(15-4-6-16(24)7-5-15)22(30(17)20)18-11-12-27-23(26)28-18/h3-7,9,11-12,17H,8,10,13,25H2,1-2H3,(H2,26,27,28)/b19-9+. The topological polar surface area (TPSA) is 105 Å². The number of fused-ring (bicyclic) bond motifs is 1. The highest BCUT2D eigenvalue weighted by molar-refractivity contribution is 5.78. The Balaban J connectivity index is 1.74. The van der Waals surface area contributed by atoms with E-state index in [0.717, 1.165) is 41.2 Å².